The van der Waals surface area contributed by atoms with Crippen LogP contribution in [0.5, 0.6) is 0 Å². The van der Waals surface area contributed by atoms with Crippen LogP contribution in [0.15, 0.2) is 42.5 Å². The molecule has 0 saturated carbocycles. The van der Waals surface area contributed by atoms with E-state index in [9.17, 15) is 14.5 Å². The first-order valence-electron chi connectivity index (χ1n) is 5.87. The van der Waals surface area contributed by atoms with Crippen LogP contribution in [-0.2, 0) is 6.54 Å². The van der Waals surface area contributed by atoms with Crippen molar-refractivity contribution in [3.63, 3.8) is 0 Å². The number of para-hydroxylation sites is 1. The van der Waals surface area contributed by atoms with Crippen molar-refractivity contribution in [3.8, 4) is 0 Å². The molecule has 0 aromatic heterocycles. The maximum absolute atomic E-state index is 13.1. The highest BCUT2D eigenvalue weighted by Gasteiger charge is 2.21. The lowest BCUT2D eigenvalue weighted by molar-refractivity contribution is -0.384. The van der Waals surface area contributed by atoms with Crippen LogP contribution in [0.4, 0.5) is 15.8 Å². The summed E-state index contributed by atoms with van der Waals surface area (Å²) < 4.78 is 13.1. The molecule has 0 spiro atoms. The molecule has 0 aliphatic rings. The third-order valence-electron chi connectivity index (χ3n) is 2.87. The average molecular weight is 295 g/mol. The number of benzene rings is 2. The molecule has 0 aliphatic heterocycles. The predicted molar refractivity (Wildman–Crippen MR) is 76.6 cm³/mol. The molecule has 2 rings (SSSR count). The van der Waals surface area contributed by atoms with Crippen molar-refractivity contribution in [3.05, 3.63) is 69.0 Å². The van der Waals surface area contributed by atoms with Crippen LogP contribution >= 0.6 is 11.6 Å². The smallest absolute Gasteiger partial charge is 0.310 e. The van der Waals surface area contributed by atoms with Crippen LogP contribution in [0, 0.1) is 15.9 Å². The van der Waals surface area contributed by atoms with E-state index in [4.69, 9.17) is 11.6 Å². The molecule has 0 radical (unpaired) electrons. The maximum atomic E-state index is 13.1. The highest BCUT2D eigenvalue weighted by molar-refractivity contribution is 6.33. The Hall–Kier alpha value is -2.14. The van der Waals surface area contributed by atoms with E-state index in [1.807, 2.05) is 0 Å². The first kappa shape index (κ1) is 14.3. The first-order chi connectivity index (χ1) is 9.49. The average Bonchev–Trinajstić information content (AvgIpc) is 2.37. The van der Waals surface area contributed by atoms with E-state index in [0.29, 0.717) is 12.2 Å². The Labute approximate surface area is 120 Å². The van der Waals surface area contributed by atoms with Gasteiger partial charge >= 0.3 is 5.69 Å². The van der Waals surface area contributed by atoms with E-state index in [1.54, 1.807) is 36.2 Å². The first-order valence-corrected chi connectivity index (χ1v) is 6.25. The van der Waals surface area contributed by atoms with Crippen LogP contribution < -0.4 is 4.90 Å². The SMILES string of the molecule is CN(Cc1cccc(F)c1)c1cccc(Cl)c1[N+](=O)[O-]. The van der Waals surface area contributed by atoms with Crippen molar-refractivity contribution in [2.45, 2.75) is 6.54 Å². The Balaban J connectivity index is 2.32. The molecule has 4 nitrogen and oxygen atoms in total. The van der Waals surface area contributed by atoms with Gasteiger partial charge in [-0.3, -0.25) is 10.1 Å². The molecule has 20 heavy (non-hydrogen) atoms. The predicted octanol–water partition coefficient (Wildman–Crippen LogP) is 4.02. The van der Waals surface area contributed by atoms with Gasteiger partial charge in [-0.15, -0.1) is 0 Å². The Bertz CT molecular complexity index is 649. The van der Waals surface area contributed by atoms with Gasteiger partial charge in [0.05, 0.1) is 4.92 Å². The van der Waals surface area contributed by atoms with Crippen molar-refractivity contribution < 1.29 is 9.31 Å². The van der Waals surface area contributed by atoms with Crippen LogP contribution in [0.25, 0.3) is 0 Å². The zero-order valence-corrected chi connectivity index (χ0v) is 11.5. The molecule has 0 fully saturated rings. The third-order valence-corrected chi connectivity index (χ3v) is 3.17. The van der Waals surface area contributed by atoms with Gasteiger partial charge in [-0.25, -0.2) is 4.39 Å². The summed E-state index contributed by atoms with van der Waals surface area (Å²) in [6.07, 6.45) is 0. The van der Waals surface area contributed by atoms with Gasteiger partial charge < -0.3 is 4.90 Å². The molecule has 0 bridgehead atoms. The van der Waals surface area contributed by atoms with Crippen LogP contribution in [0.2, 0.25) is 5.02 Å². The van der Waals surface area contributed by atoms with Gasteiger partial charge in [0.1, 0.15) is 16.5 Å². The fourth-order valence-electron chi connectivity index (χ4n) is 1.99. The van der Waals surface area contributed by atoms with Gasteiger partial charge in [-0.2, -0.15) is 0 Å². The molecule has 2 aromatic carbocycles. The molecule has 104 valence electrons. The summed E-state index contributed by atoms with van der Waals surface area (Å²) in [5, 5.41) is 11.2. The highest BCUT2D eigenvalue weighted by Crippen LogP contribution is 2.34. The summed E-state index contributed by atoms with van der Waals surface area (Å²) in [5.41, 5.74) is 0.974. The second-order valence-corrected chi connectivity index (χ2v) is 4.76. The lowest BCUT2D eigenvalue weighted by Crippen LogP contribution is -2.17. The van der Waals surface area contributed by atoms with Crippen LogP contribution in [0.1, 0.15) is 5.56 Å². The second-order valence-electron chi connectivity index (χ2n) is 4.35. The van der Waals surface area contributed by atoms with Gasteiger partial charge in [-0.05, 0) is 29.8 Å². The highest BCUT2D eigenvalue weighted by atomic mass is 35.5. The van der Waals surface area contributed by atoms with Crippen molar-refractivity contribution in [1.82, 2.24) is 0 Å². The zero-order chi connectivity index (χ0) is 14.7. The Kier molecular flexibility index (Phi) is 4.20. The second kappa shape index (κ2) is 5.88. The van der Waals surface area contributed by atoms with Gasteiger partial charge in [0.15, 0.2) is 0 Å². The zero-order valence-electron chi connectivity index (χ0n) is 10.7. The molecule has 2 aromatic rings. The van der Waals surface area contributed by atoms with E-state index < -0.39 is 4.92 Å². The molecule has 0 heterocycles. The van der Waals surface area contributed by atoms with Crippen molar-refractivity contribution in [2.24, 2.45) is 0 Å². The summed E-state index contributed by atoms with van der Waals surface area (Å²) in [6.45, 7) is 0.346. The standard InChI is InChI=1S/C14H12ClFN2O2/c1-17(9-10-4-2-5-11(16)8-10)13-7-3-6-12(15)14(13)18(19)20/h2-8H,9H2,1H3. The lowest BCUT2D eigenvalue weighted by atomic mass is 10.2. The Morgan fingerprint density at radius 1 is 1.30 bits per heavy atom. The number of hydrogen-bond acceptors (Lipinski definition) is 3. The molecule has 0 aliphatic carbocycles. The summed E-state index contributed by atoms with van der Waals surface area (Å²) in [5.74, 6) is -0.337. The molecule has 0 unspecified atom stereocenters. The van der Waals surface area contributed by atoms with Crippen molar-refractivity contribution in [1.29, 1.82) is 0 Å². The molecular formula is C14H12ClFN2O2. The molecule has 0 atom stereocenters. The number of nitro groups is 1. The van der Waals surface area contributed by atoms with Gasteiger partial charge in [0.25, 0.3) is 0 Å². The molecular weight excluding hydrogens is 283 g/mol. The normalized spacial score (nSPS) is 10.3. The van der Waals surface area contributed by atoms with E-state index in [2.05, 4.69) is 0 Å². The molecule has 6 heteroatoms. The summed E-state index contributed by atoms with van der Waals surface area (Å²) >= 11 is 5.87. The largest absolute Gasteiger partial charge is 0.365 e. The minimum absolute atomic E-state index is 0.0820. The van der Waals surface area contributed by atoms with E-state index in [1.165, 1.54) is 18.2 Å². The third kappa shape index (κ3) is 3.05. The molecule has 0 saturated heterocycles. The lowest BCUT2D eigenvalue weighted by Gasteiger charge is -2.19. The topological polar surface area (TPSA) is 46.4 Å². The van der Waals surface area contributed by atoms with E-state index in [-0.39, 0.29) is 16.5 Å². The fraction of sp³-hybridized carbons (Fsp3) is 0.143. The maximum Gasteiger partial charge on any atom is 0.310 e. The Morgan fingerprint density at radius 3 is 2.65 bits per heavy atom. The number of halogens is 2. The summed E-state index contributed by atoms with van der Waals surface area (Å²) in [6, 6.07) is 10.8. The molecule has 0 amide bonds. The summed E-state index contributed by atoms with van der Waals surface area (Å²) in [4.78, 5) is 12.2. The minimum atomic E-state index is -0.514. The Morgan fingerprint density at radius 2 is 2.00 bits per heavy atom. The van der Waals surface area contributed by atoms with Crippen LogP contribution in [0.3, 0.4) is 0 Å². The van der Waals surface area contributed by atoms with Crippen LogP contribution in [-0.4, -0.2) is 12.0 Å². The summed E-state index contributed by atoms with van der Waals surface area (Å²) in [7, 11) is 1.70. The minimum Gasteiger partial charge on any atom is -0.365 e. The monoisotopic (exact) mass is 294 g/mol. The van der Waals surface area contributed by atoms with Gasteiger partial charge in [-0.1, -0.05) is 29.8 Å². The van der Waals surface area contributed by atoms with Crippen molar-refractivity contribution in [2.75, 3.05) is 11.9 Å². The van der Waals surface area contributed by atoms with Gasteiger partial charge in [0.2, 0.25) is 0 Å². The number of rotatable bonds is 4. The number of hydrogen-bond donors (Lipinski definition) is 0. The number of nitrogens with zero attached hydrogens (tertiary/aromatic N) is 2. The molecule has 0 N–H and O–H groups in total. The van der Waals surface area contributed by atoms with E-state index >= 15 is 0 Å². The van der Waals surface area contributed by atoms with Crippen molar-refractivity contribution >= 4 is 23.0 Å². The number of nitro benzene ring substituents is 1. The fourth-order valence-corrected chi connectivity index (χ4v) is 2.23. The number of anilines is 1. The quantitative estimate of drug-likeness (QED) is 0.632. The van der Waals surface area contributed by atoms with E-state index in [0.717, 1.165) is 5.56 Å². The van der Waals surface area contributed by atoms with Gasteiger partial charge in [0, 0.05) is 13.6 Å².